The third-order valence-corrected chi connectivity index (χ3v) is 3.74. The highest BCUT2D eigenvalue weighted by molar-refractivity contribution is 6.00. The van der Waals surface area contributed by atoms with Gasteiger partial charge >= 0.3 is 5.97 Å². The van der Waals surface area contributed by atoms with Crippen LogP contribution in [-0.4, -0.2) is 20.6 Å². The van der Waals surface area contributed by atoms with Gasteiger partial charge in [-0.15, -0.1) is 0 Å². The maximum absolute atomic E-state index is 11.1. The van der Waals surface area contributed by atoms with Crippen molar-refractivity contribution in [1.29, 1.82) is 0 Å². The minimum Gasteiger partial charge on any atom is -0.478 e. The number of fused-ring (bicyclic) bond motifs is 1. The van der Waals surface area contributed by atoms with Crippen molar-refractivity contribution in [2.24, 2.45) is 5.92 Å². The normalized spacial score (nSPS) is 22.3. The van der Waals surface area contributed by atoms with Crippen LogP contribution in [0.1, 0.15) is 42.6 Å². The molecule has 0 saturated heterocycles. The summed E-state index contributed by atoms with van der Waals surface area (Å²) in [5, 5.41) is 9.13. The van der Waals surface area contributed by atoms with Crippen LogP contribution in [0.2, 0.25) is 0 Å². The molecule has 4 heteroatoms. The van der Waals surface area contributed by atoms with E-state index in [4.69, 9.17) is 5.11 Å². The lowest BCUT2D eigenvalue weighted by molar-refractivity contribution is 0.0699. The van der Waals surface area contributed by atoms with E-state index in [0.29, 0.717) is 17.1 Å². The molecule has 1 aliphatic carbocycles. The van der Waals surface area contributed by atoms with Crippen LogP contribution in [0, 0.1) is 5.92 Å². The van der Waals surface area contributed by atoms with Crippen molar-refractivity contribution in [3.05, 3.63) is 30.1 Å². The number of imidazole rings is 1. The molecule has 0 spiro atoms. The Bertz CT molecular complexity index is 603. The number of para-hydroxylation sites is 1. The number of benzene rings is 1. The summed E-state index contributed by atoms with van der Waals surface area (Å²) in [5.41, 5.74) is 1.84. The van der Waals surface area contributed by atoms with Gasteiger partial charge in [0.05, 0.1) is 17.4 Å². The fourth-order valence-corrected chi connectivity index (χ4v) is 2.75. The zero-order valence-corrected chi connectivity index (χ0v) is 10.3. The molecule has 1 aliphatic rings. The molecular formula is C14H16N2O2. The van der Waals surface area contributed by atoms with E-state index in [-0.39, 0.29) is 0 Å². The van der Waals surface area contributed by atoms with Gasteiger partial charge in [0.1, 0.15) is 5.52 Å². The first-order valence-corrected chi connectivity index (χ1v) is 6.41. The highest BCUT2D eigenvalue weighted by Crippen LogP contribution is 2.47. The third kappa shape index (κ3) is 1.68. The van der Waals surface area contributed by atoms with Crippen LogP contribution < -0.4 is 0 Å². The molecule has 1 aromatic heterocycles. The predicted molar refractivity (Wildman–Crippen MR) is 68.7 cm³/mol. The molecule has 18 heavy (non-hydrogen) atoms. The molecule has 3 rings (SSSR count). The Labute approximate surface area is 105 Å². The first-order chi connectivity index (χ1) is 8.72. The Morgan fingerprint density at radius 1 is 1.56 bits per heavy atom. The molecule has 0 aliphatic heterocycles. The molecule has 1 aromatic carbocycles. The number of carbonyl (C=O) groups is 1. The number of carboxylic acid groups (broad SMARTS) is 1. The predicted octanol–water partition coefficient (Wildman–Crippen LogP) is 3.10. The Kier molecular flexibility index (Phi) is 2.58. The first kappa shape index (κ1) is 11.3. The topological polar surface area (TPSA) is 55.1 Å². The van der Waals surface area contributed by atoms with Gasteiger partial charge in [-0.1, -0.05) is 19.4 Å². The standard InChI is InChI=1S/C14H16N2O2/c1-2-4-9-7-12(9)16-8-15-13-10(14(17)18)5-3-6-11(13)16/h3,5-6,8-9,12H,2,4,7H2,1H3,(H,17,18). The summed E-state index contributed by atoms with van der Waals surface area (Å²) in [6.45, 7) is 2.20. The van der Waals surface area contributed by atoms with Crippen molar-refractivity contribution in [2.75, 3.05) is 0 Å². The molecule has 0 bridgehead atoms. The van der Waals surface area contributed by atoms with Crippen molar-refractivity contribution >= 4 is 17.0 Å². The monoisotopic (exact) mass is 244 g/mol. The van der Waals surface area contributed by atoms with Crippen LogP contribution in [-0.2, 0) is 0 Å². The lowest BCUT2D eigenvalue weighted by atomic mass is 10.2. The van der Waals surface area contributed by atoms with Crippen LogP contribution in [0.5, 0.6) is 0 Å². The SMILES string of the molecule is CCCC1CC1n1cnc2c(C(=O)O)cccc21. The Hall–Kier alpha value is -1.84. The average molecular weight is 244 g/mol. The quantitative estimate of drug-likeness (QED) is 0.899. The summed E-state index contributed by atoms with van der Waals surface area (Å²) < 4.78 is 2.14. The zero-order chi connectivity index (χ0) is 12.7. The van der Waals surface area contributed by atoms with Gasteiger partial charge in [0, 0.05) is 6.04 Å². The summed E-state index contributed by atoms with van der Waals surface area (Å²) in [6, 6.07) is 5.87. The number of aromatic nitrogens is 2. The summed E-state index contributed by atoms with van der Waals surface area (Å²) in [7, 11) is 0. The first-order valence-electron chi connectivity index (χ1n) is 6.41. The van der Waals surface area contributed by atoms with Crippen LogP contribution >= 0.6 is 0 Å². The molecule has 4 nitrogen and oxygen atoms in total. The second-order valence-electron chi connectivity index (χ2n) is 4.98. The molecule has 0 radical (unpaired) electrons. The Morgan fingerprint density at radius 3 is 3.11 bits per heavy atom. The Morgan fingerprint density at radius 2 is 2.39 bits per heavy atom. The summed E-state index contributed by atoms with van der Waals surface area (Å²) in [5.74, 6) is -0.173. The van der Waals surface area contributed by atoms with Crippen LogP contribution in [0.3, 0.4) is 0 Å². The fraction of sp³-hybridized carbons (Fsp3) is 0.429. The minimum absolute atomic E-state index is 0.291. The molecule has 1 N–H and O–H groups in total. The average Bonchev–Trinajstić information content (AvgIpc) is 2.98. The number of hydrogen-bond acceptors (Lipinski definition) is 2. The second-order valence-corrected chi connectivity index (χ2v) is 4.98. The molecule has 2 aromatic rings. The van der Waals surface area contributed by atoms with Gasteiger partial charge in [-0.3, -0.25) is 0 Å². The number of aromatic carboxylic acids is 1. The number of hydrogen-bond donors (Lipinski definition) is 1. The zero-order valence-electron chi connectivity index (χ0n) is 10.3. The molecular weight excluding hydrogens is 228 g/mol. The second kappa shape index (κ2) is 4.12. The third-order valence-electron chi connectivity index (χ3n) is 3.74. The van der Waals surface area contributed by atoms with Gasteiger partial charge in [-0.2, -0.15) is 0 Å². The van der Waals surface area contributed by atoms with Crippen molar-refractivity contribution < 1.29 is 9.90 Å². The van der Waals surface area contributed by atoms with Gasteiger partial charge in [0.2, 0.25) is 0 Å². The van der Waals surface area contributed by atoms with Crippen molar-refractivity contribution in [3.63, 3.8) is 0 Å². The number of carboxylic acids is 1. The molecule has 1 saturated carbocycles. The van der Waals surface area contributed by atoms with Crippen molar-refractivity contribution in [1.82, 2.24) is 9.55 Å². The molecule has 1 heterocycles. The lowest BCUT2D eigenvalue weighted by Gasteiger charge is -2.03. The van der Waals surface area contributed by atoms with Gasteiger partial charge in [0.15, 0.2) is 0 Å². The fourth-order valence-electron chi connectivity index (χ4n) is 2.75. The van der Waals surface area contributed by atoms with E-state index in [1.54, 1.807) is 18.5 Å². The van der Waals surface area contributed by atoms with E-state index in [1.165, 1.54) is 19.3 Å². The molecule has 1 fully saturated rings. The van der Waals surface area contributed by atoms with Crippen LogP contribution in [0.4, 0.5) is 0 Å². The Balaban J connectivity index is 2.01. The van der Waals surface area contributed by atoms with E-state index in [0.717, 1.165) is 11.4 Å². The molecule has 0 amide bonds. The number of rotatable bonds is 4. The smallest absolute Gasteiger partial charge is 0.337 e. The largest absolute Gasteiger partial charge is 0.478 e. The highest BCUT2D eigenvalue weighted by Gasteiger charge is 2.38. The van der Waals surface area contributed by atoms with Gasteiger partial charge in [0.25, 0.3) is 0 Å². The van der Waals surface area contributed by atoms with E-state index in [2.05, 4.69) is 16.5 Å². The maximum atomic E-state index is 11.1. The summed E-state index contributed by atoms with van der Waals surface area (Å²) in [6.07, 6.45) is 5.42. The summed E-state index contributed by atoms with van der Waals surface area (Å²) in [4.78, 5) is 15.4. The summed E-state index contributed by atoms with van der Waals surface area (Å²) >= 11 is 0. The van der Waals surface area contributed by atoms with E-state index >= 15 is 0 Å². The maximum Gasteiger partial charge on any atom is 0.337 e. The molecule has 2 atom stereocenters. The van der Waals surface area contributed by atoms with Crippen LogP contribution in [0.15, 0.2) is 24.5 Å². The molecule has 2 unspecified atom stereocenters. The van der Waals surface area contributed by atoms with E-state index in [1.807, 2.05) is 6.07 Å². The van der Waals surface area contributed by atoms with Gasteiger partial charge in [-0.05, 0) is 30.9 Å². The highest BCUT2D eigenvalue weighted by atomic mass is 16.4. The van der Waals surface area contributed by atoms with Crippen LogP contribution in [0.25, 0.3) is 11.0 Å². The van der Waals surface area contributed by atoms with Gasteiger partial charge < -0.3 is 9.67 Å². The lowest BCUT2D eigenvalue weighted by Crippen LogP contribution is -1.98. The van der Waals surface area contributed by atoms with Crippen molar-refractivity contribution in [2.45, 2.75) is 32.2 Å². The molecule has 94 valence electrons. The van der Waals surface area contributed by atoms with Gasteiger partial charge in [-0.25, -0.2) is 9.78 Å². The number of nitrogens with zero attached hydrogens (tertiary/aromatic N) is 2. The van der Waals surface area contributed by atoms with E-state index < -0.39 is 5.97 Å². The van der Waals surface area contributed by atoms with Crippen molar-refractivity contribution in [3.8, 4) is 0 Å². The minimum atomic E-state index is -0.910. The van der Waals surface area contributed by atoms with E-state index in [9.17, 15) is 4.79 Å².